The molecule has 0 aliphatic carbocycles. The van der Waals surface area contributed by atoms with Crippen LogP contribution in [0.3, 0.4) is 0 Å². The van der Waals surface area contributed by atoms with E-state index in [9.17, 15) is 8.42 Å². The largest absolute Gasteiger partial charge is 0.317 e. The van der Waals surface area contributed by atoms with Gasteiger partial charge in [0.15, 0.2) is 0 Å². The predicted molar refractivity (Wildman–Crippen MR) is 70.0 cm³/mol. The van der Waals surface area contributed by atoms with E-state index in [2.05, 4.69) is 17.0 Å². The molecule has 0 amide bonds. The summed E-state index contributed by atoms with van der Waals surface area (Å²) in [5.41, 5.74) is 0. The summed E-state index contributed by atoms with van der Waals surface area (Å²) in [6, 6.07) is 0.462. The molecule has 0 aromatic carbocycles. The fourth-order valence-corrected chi connectivity index (χ4v) is 3.51. The summed E-state index contributed by atoms with van der Waals surface area (Å²) in [5.74, 6) is 0.581. The van der Waals surface area contributed by atoms with Gasteiger partial charge < -0.3 is 5.32 Å². The van der Waals surface area contributed by atoms with E-state index in [4.69, 9.17) is 0 Å². The first-order chi connectivity index (χ1) is 8.01. The molecule has 0 spiro atoms. The Morgan fingerprint density at radius 3 is 2.41 bits per heavy atom. The normalized spacial score (nSPS) is 21.6. The highest BCUT2D eigenvalue weighted by Gasteiger charge is 2.29. The molecule has 0 saturated carbocycles. The molecule has 2 N–H and O–H groups in total. The van der Waals surface area contributed by atoms with Crippen LogP contribution in [0.15, 0.2) is 0 Å². The average molecular weight is 263 g/mol. The van der Waals surface area contributed by atoms with Gasteiger partial charge in [0.2, 0.25) is 0 Å². The van der Waals surface area contributed by atoms with Gasteiger partial charge in [-0.05, 0) is 39.2 Å². The van der Waals surface area contributed by atoms with Crippen molar-refractivity contribution in [1.82, 2.24) is 14.3 Å². The lowest BCUT2D eigenvalue weighted by Crippen LogP contribution is -2.47. The van der Waals surface area contributed by atoms with Crippen molar-refractivity contribution >= 4 is 10.2 Å². The summed E-state index contributed by atoms with van der Waals surface area (Å²) < 4.78 is 28.0. The van der Waals surface area contributed by atoms with Crippen molar-refractivity contribution in [3.8, 4) is 0 Å². The summed E-state index contributed by atoms with van der Waals surface area (Å²) in [7, 11) is -1.28. The van der Waals surface area contributed by atoms with Gasteiger partial charge >= 0.3 is 0 Å². The SMILES string of the molecule is CCCNS(=O)(=O)N1CCC(C(C)NC)CC1. The Morgan fingerprint density at radius 1 is 1.35 bits per heavy atom. The van der Waals surface area contributed by atoms with E-state index in [1.807, 2.05) is 14.0 Å². The van der Waals surface area contributed by atoms with Crippen molar-refractivity contribution in [1.29, 1.82) is 0 Å². The molecule has 1 aliphatic rings. The van der Waals surface area contributed by atoms with Gasteiger partial charge in [-0.3, -0.25) is 0 Å². The number of hydrogen-bond donors (Lipinski definition) is 2. The lowest BCUT2D eigenvalue weighted by Gasteiger charge is -2.33. The van der Waals surface area contributed by atoms with Gasteiger partial charge in [-0.2, -0.15) is 12.7 Å². The molecule has 102 valence electrons. The maximum Gasteiger partial charge on any atom is 0.279 e. The zero-order valence-electron chi connectivity index (χ0n) is 11.1. The van der Waals surface area contributed by atoms with Crippen LogP contribution in [0, 0.1) is 5.92 Å². The molecule has 0 aromatic heterocycles. The molecule has 1 unspecified atom stereocenters. The van der Waals surface area contributed by atoms with Crippen LogP contribution in [0.1, 0.15) is 33.1 Å². The lowest BCUT2D eigenvalue weighted by molar-refractivity contribution is 0.235. The Bertz CT molecular complexity index is 311. The number of nitrogens with one attached hydrogen (secondary N) is 2. The van der Waals surface area contributed by atoms with Crippen LogP contribution in [0.25, 0.3) is 0 Å². The lowest BCUT2D eigenvalue weighted by atomic mass is 9.91. The molecule has 1 saturated heterocycles. The second kappa shape index (κ2) is 6.68. The Balaban J connectivity index is 2.46. The van der Waals surface area contributed by atoms with Crippen LogP contribution in [-0.4, -0.2) is 45.4 Å². The van der Waals surface area contributed by atoms with E-state index in [1.54, 1.807) is 4.31 Å². The molecule has 1 aliphatic heterocycles. The van der Waals surface area contributed by atoms with E-state index in [0.717, 1.165) is 19.3 Å². The van der Waals surface area contributed by atoms with Gasteiger partial charge in [-0.1, -0.05) is 6.92 Å². The second-order valence-corrected chi connectivity index (χ2v) is 6.47. The molecule has 0 aromatic rings. The minimum Gasteiger partial charge on any atom is -0.317 e. The topological polar surface area (TPSA) is 61.4 Å². The first-order valence-electron chi connectivity index (χ1n) is 6.43. The van der Waals surface area contributed by atoms with Gasteiger partial charge in [0.1, 0.15) is 0 Å². The van der Waals surface area contributed by atoms with E-state index in [1.165, 1.54) is 0 Å². The van der Waals surface area contributed by atoms with Crippen LogP contribution in [0.5, 0.6) is 0 Å². The minimum absolute atomic E-state index is 0.462. The quantitative estimate of drug-likeness (QED) is 0.736. The Labute approximate surface area is 105 Å². The van der Waals surface area contributed by atoms with Gasteiger partial charge in [0, 0.05) is 25.7 Å². The third-order valence-electron chi connectivity index (χ3n) is 3.54. The van der Waals surface area contributed by atoms with Gasteiger partial charge in [0.25, 0.3) is 10.2 Å². The molecule has 0 bridgehead atoms. The molecule has 0 radical (unpaired) electrons. The highest BCUT2D eigenvalue weighted by Crippen LogP contribution is 2.21. The maximum absolute atomic E-state index is 11.9. The minimum atomic E-state index is -3.24. The Morgan fingerprint density at radius 2 is 1.94 bits per heavy atom. The molecule has 1 heterocycles. The number of rotatable bonds is 6. The first kappa shape index (κ1) is 14.9. The van der Waals surface area contributed by atoms with Crippen LogP contribution in [0.4, 0.5) is 0 Å². The Hall–Kier alpha value is -0.170. The van der Waals surface area contributed by atoms with Gasteiger partial charge in [-0.15, -0.1) is 0 Å². The monoisotopic (exact) mass is 263 g/mol. The van der Waals surface area contributed by atoms with Crippen molar-refractivity contribution in [3.63, 3.8) is 0 Å². The fraction of sp³-hybridized carbons (Fsp3) is 1.00. The van der Waals surface area contributed by atoms with E-state index < -0.39 is 10.2 Å². The summed E-state index contributed by atoms with van der Waals surface area (Å²) >= 11 is 0. The smallest absolute Gasteiger partial charge is 0.279 e. The molecule has 1 rings (SSSR count). The zero-order valence-corrected chi connectivity index (χ0v) is 11.9. The van der Waals surface area contributed by atoms with Crippen molar-refractivity contribution in [2.45, 2.75) is 39.2 Å². The zero-order chi connectivity index (χ0) is 12.9. The van der Waals surface area contributed by atoms with Gasteiger partial charge in [0.05, 0.1) is 0 Å². The summed E-state index contributed by atoms with van der Waals surface area (Å²) in [6.45, 7) is 5.91. The molecule has 17 heavy (non-hydrogen) atoms. The van der Waals surface area contributed by atoms with Crippen LogP contribution in [0.2, 0.25) is 0 Å². The van der Waals surface area contributed by atoms with E-state index >= 15 is 0 Å². The maximum atomic E-state index is 11.9. The number of piperidine rings is 1. The number of nitrogens with zero attached hydrogens (tertiary/aromatic N) is 1. The third kappa shape index (κ3) is 4.21. The molecule has 5 nitrogen and oxygen atoms in total. The van der Waals surface area contributed by atoms with Crippen molar-refractivity contribution in [3.05, 3.63) is 0 Å². The molecular formula is C11H25N3O2S. The predicted octanol–water partition coefficient (Wildman–Crippen LogP) is 0.551. The summed E-state index contributed by atoms with van der Waals surface area (Å²) in [5, 5.41) is 3.24. The average Bonchev–Trinajstić information content (AvgIpc) is 2.35. The molecule has 1 atom stereocenters. The van der Waals surface area contributed by atoms with E-state index in [0.29, 0.717) is 31.6 Å². The first-order valence-corrected chi connectivity index (χ1v) is 7.87. The fourth-order valence-electron chi connectivity index (χ4n) is 2.17. The summed E-state index contributed by atoms with van der Waals surface area (Å²) in [6.07, 6.45) is 2.70. The molecular weight excluding hydrogens is 238 g/mol. The van der Waals surface area contributed by atoms with Crippen molar-refractivity contribution in [2.75, 3.05) is 26.7 Å². The third-order valence-corrected chi connectivity index (χ3v) is 5.15. The number of hydrogen-bond acceptors (Lipinski definition) is 3. The van der Waals surface area contributed by atoms with Crippen molar-refractivity contribution < 1.29 is 8.42 Å². The van der Waals surface area contributed by atoms with Gasteiger partial charge in [-0.25, -0.2) is 4.72 Å². The summed E-state index contributed by atoms with van der Waals surface area (Å²) in [4.78, 5) is 0. The van der Waals surface area contributed by atoms with Crippen LogP contribution >= 0.6 is 0 Å². The molecule has 1 fully saturated rings. The van der Waals surface area contributed by atoms with Crippen LogP contribution < -0.4 is 10.0 Å². The van der Waals surface area contributed by atoms with Crippen molar-refractivity contribution in [2.24, 2.45) is 5.92 Å². The molecule has 6 heteroatoms. The standard InChI is InChI=1S/C11H25N3O2S/c1-4-7-13-17(15,16)14-8-5-11(6-9-14)10(2)12-3/h10-13H,4-9H2,1-3H3. The Kier molecular flexibility index (Phi) is 5.85. The van der Waals surface area contributed by atoms with E-state index in [-0.39, 0.29) is 0 Å². The highest BCUT2D eigenvalue weighted by atomic mass is 32.2. The van der Waals surface area contributed by atoms with Crippen LogP contribution in [-0.2, 0) is 10.2 Å². The highest BCUT2D eigenvalue weighted by molar-refractivity contribution is 7.87. The second-order valence-electron chi connectivity index (χ2n) is 4.71.